The van der Waals surface area contributed by atoms with E-state index in [1.165, 1.54) is 6.07 Å². The molecular formula is C15H12N4O3. The van der Waals surface area contributed by atoms with Crippen LogP contribution in [0.25, 0.3) is 0 Å². The van der Waals surface area contributed by atoms with E-state index >= 15 is 0 Å². The molecule has 110 valence electrons. The molecule has 0 aromatic carbocycles. The molecule has 2 aromatic rings. The number of allylic oxidation sites excluding steroid dienone is 1. The van der Waals surface area contributed by atoms with Crippen molar-refractivity contribution in [1.82, 2.24) is 9.71 Å². The number of nitrogens with zero attached hydrogens (tertiary/aromatic N) is 3. The van der Waals surface area contributed by atoms with Gasteiger partial charge in [-0.25, -0.2) is 0 Å². The third kappa shape index (κ3) is 1.90. The molecule has 0 saturated carbocycles. The van der Waals surface area contributed by atoms with E-state index in [4.69, 9.17) is 10.5 Å². The van der Waals surface area contributed by atoms with Crippen molar-refractivity contribution in [1.29, 1.82) is 5.26 Å². The van der Waals surface area contributed by atoms with Gasteiger partial charge in [0, 0.05) is 18.5 Å². The fourth-order valence-electron chi connectivity index (χ4n) is 2.52. The zero-order chi connectivity index (χ0) is 15.9. The molecule has 22 heavy (non-hydrogen) atoms. The lowest BCUT2D eigenvalue weighted by Gasteiger charge is -2.26. The maximum Gasteiger partial charge on any atom is 0.291 e. The van der Waals surface area contributed by atoms with E-state index in [1.54, 1.807) is 31.5 Å². The highest BCUT2D eigenvalue weighted by molar-refractivity contribution is 5.54. The molecule has 7 heteroatoms. The van der Waals surface area contributed by atoms with Crippen molar-refractivity contribution in [2.24, 2.45) is 5.73 Å². The lowest BCUT2D eigenvalue weighted by molar-refractivity contribution is 0.165. The summed E-state index contributed by atoms with van der Waals surface area (Å²) in [5.74, 6) is -0.551. The Morgan fingerprint density at radius 2 is 2.32 bits per heavy atom. The topological polar surface area (TPSA) is 114 Å². The average molecular weight is 296 g/mol. The summed E-state index contributed by atoms with van der Waals surface area (Å²) in [4.78, 5) is 16.4. The summed E-state index contributed by atoms with van der Waals surface area (Å²) in [5.41, 5.74) is 6.36. The van der Waals surface area contributed by atoms with Gasteiger partial charge in [-0.2, -0.15) is 9.99 Å². The average Bonchev–Trinajstić information content (AvgIpc) is 2.52. The standard InChI is InChI=1S/C15H12N4O3/c1-8-5-11-13(15(20)19(8)21)12(9-3-2-4-18-7-9)10(6-16)14(17)22-11/h2-5,7,12,21H,17H2,1H3/t12-/m0/s1. The Morgan fingerprint density at radius 1 is 1.55 bits per heavy atom. The maximum atomic E-state index is 12.4. The monoisotopic (exact) mass is 296 g/mol. The van der Waals surface area contributed by atoms with Crippen LogP contribution in [0.4, 0.5) is 0 Å². The summed E-state index contributed by atoms with van der Waals surface area (Å²) in [7, 11) is 0. The number of aryl methyl sites for hydroxylation is 1. The van der Waals surface area contributed by atoms with Gasteiger partial charge in [-0.1, -0.05) is 6.07 Å². The third-order valence-corrected chi connectivity index (χ3v) is 3.56. The molecule has 0 aliphatic carbocycles. The summed E-state index contributed by atoms with van der Waals surface area (Å²) >= 11 is 0. The van der Waals surface area contributed by atoms with Crippen LogP contribution in [0.3, 0.4) is 0 Å². The van der Waals surface area contributed by atoms with Crippen molar-refractivity contribution < 1.29 is 9.94 Å². The van der Waals surface area contributed by atoms with Crippen LogP contribution in [0.5, 0.6) is 5.75 Å². The van der Waals surface area contributed by atoms with Crippen LogP contribution in [-0.2, 0) is 0 Å². The van der Waals surface area contributed by atoms with E-state index in [1.807, 2.05) is 6.07 Å². The molecule has 1 aliphatic heterocycles. The molecule has 3 rings (SSSR count). The van der Waals surface area contributed by atoms with Crippen LogP contribution in [0.15, 0.2) is 46.8 Å². The Labute approximate surface area is 125 Å². The van der Waals surface area contributed by atoms with E-state index in [0.717, 1.165) is 0 Å². The number of nitrogens with two attached hydrogens (primary N) is 1. The second kappa shape index (κ2) is 4.93. The Morgan fingerprint density at radius 3 is 2.95 bits per heavy atom. The normalized spacial score (nSPS) is 16.6. The zero-order valence-electron chi connectivity index (χ0n) is 11.6. The fraction of sp³-hybridized carbons (Fsp3) is 0.133. The lowest BCUT2D eigenvalue weighted by Crippen LogP contribution is -2.31. The molecule has 2 aromatic heterocycles. The van der Waals surface area contributed by atoms with Gasteiger partial charge in [0.15, 0.2) is 0 Å². The Balaban J connectivity index is 2.36. The number of rotatable bonds is 1. The number of hydrogen-bond acceptors (Lipinski definition) is 6. The first-order valence-electron chi connectivity index (χ1n) is 6.48. The molecule has 1 aliphatic rings. The van der Waals surface area contributed by atoms with Crippen molar-refractivity contribution in [3.05, 3.63) is 69.2 Å². The molecule has 3 N–H and O–H groups in total. The van der Waals surface area contributed by atoms with E-state index < -0.39 is 11.5 Å². The van der Waals surface area contributed by atoms with Crippen molar-refractivity contribution in [3.63, 3.8) is 0 Å². The largest absolute Gasteiger partial charge is 0.440 e. The summed E-state index contributed by atoms with van der Waals surface area (Å²) in [6.07, 6.45) is 3.13. The molecule has 7 nitrogen and oxygen atoms in total. The molecular weight excluding hydrogens is 284 g/mol. The van der Waals surface area contributed by atoms with E-state index in [0.29, 0.717) is 16.0 Å². The van der Waals surface area contributed by atoms with Gasteiger partial charge in [0.05, 0.1) is 17.2 Å². The number of nitriles is 1. The number of pyridine rings is 2. The maximum absolute atomic E-state index is 12.4. The summed E-state index contributed by atoms with van der Waals surface area (Å²) in [5, 5.41) is 19.2. The van der Waals surface area contributed by atoms with Crippen LogP contribution in [0, 0.1) is 18.3 Å². The SMILES string of the molecule is Cc1cc2c(c(=O)n1O)[C@@H](c1cccnc1)C(C#N)=C(N)O2. The molecule has 0 saturated heterocycles. The van der Waals surface area contributed by atoms with Crippen molar-refractivity contribution in [2.45, 2.75) is 12.8 Å². The molecule has 0 spiro atoms. The highest BCUT2D eigenvalue weighted by Gasteiger charge is 2.34. The summed E-state index contributed by atoms with van der Waals surface area (Å²) in [6, 6.07) is 6.91. The fourth-order valence-corrected chi connectivity index (χ4v) is 2.52. The molecule has 0 radical (unpaired) electrons. The van der Waals surface area contributed by atoms with Gasteiger partial charge >= 0.3 is 0 Å². The van der Waals surface area contributed by atoms with Crippen LogP contribution in [0.1, 0.15) is 22.7 Å². The van der Waals surface area contributed by atoms with Gasteiger partial charge in [-0.05, 0) is 18.6 Å². The van der Waals surface area contributed by atoms with Crippen LogP contribution in [0.2, 0.25) is 0 Å². The number of aromatic nitrogens is 2. The first kappa shape index (κ1) is 13.7. The van der Waals surface area contributed by atoms with E-state index in [2.05, 4.69) is 4.98 Å². The second-order valence-electron chi connectivity index (χ2n) is 4.89. The molecule has 0 amide bonds. The molecule has 0 bridgehead atoms. The number of fused-ring (bicyclic) bond motifs is 1. The number of hydrogen-bond donors (Lipinski definition) is 2. The summed E-state index contributed by atoms with van der Waals surface area (Å²) < 4.78 is 5.92. The van der Waals surface area contributed by atoms with Crippen molar-refractivity contribution >= 4 is 0 Å². The Kier molecular flexibility index (Phi) is 3.07. The number of ether oxygens (including phenoxy) is 1. The van der Waals surface area contributed by atoms with Crippen molar-refractivity contribution in [3.8, 4) is 11.8 Å². The van der Waals surface area contributed by atoms with Crippen LogP contribution >= 0.6 is 0 Å². The Hall–Kier alpha value is -3.27. The summed E-state index contributed by atoms with van der Waals surface area (Å²) in [6.45, 7) is 1.56. The second-order valence-corrected chi connectivity index (χ2v) is 4.89. The first-order valence-corrected chi connectivity index (χ1v) is 6.48. The molecule has 0 unspecified atom stereocenters. The third-order valence-electron chi connectivity index (χ3n) is 3.56. The predicted octanol–water partition coefficient (Wildman–Crippen LogP) is 1.01. The lowest BCUT2D eigenvalue weighted by atomic mass is 9.85. The van der Waals surface area contributed by atoms with Gasteiger partial charge in [-0.3, -0.25) is 9.78 Å². The molecule has 1 atom stereocenters. The Bertz CT molecular complexity index is 878. The molecule has 3 heterocycles. The minimum absolute atomic E-state index is 0.0571. The van der Waals surface area contributed by atoms with Gasteiger partial charge in [0.2, 0.25) is 5.88 Å². The zero-order valence-corrected chi connectivity index (χ0v) is 11.6. The first-order chi connectivity index (χ1) is 10.5. The van der Waals surface area contributed by atoms with Crippen molar-refractivity contribution in [2.75, 3.05) is 0 Å². The van der Waals surface area contributed by atoms with Gasteiger partial charge < -0.3 is 15.7 Å². The highest BCUT2D eigenvalue weighted by Crippen LogP contribution is 2.39. The van der Waals surface area contributed by atoms with E-state index in [-0.39, 0.29) is 22.8 Å². The van der Waals surface area contributed by atoms with Gasteiger partial charge in [-0.15, -0.1) is 0 Å². The molecule has 0 fully saturated rings. The minimum Gasteiger partial charge on any atom is -0.440 e. The quantitative estimate of drug-likeness (QED) is 0.759. The smallest absolute Gasteiger partial charge is 0.291 e. The highest BCUT2D eigenvalue weighted by atomic mass is 16.5. The minimum atomic E-state index is -0.728. The van der Waals surface area contributed by atoms with Gasteiger partial charge in [0.25, 0.3) is 5.56 Å². The van der Waals surface area contributed by atoms with Gasteiger partial charge in [0.1, 0.15) is 17.4 Å². The van der Waals surface area contributed by atoms with Crippen LogP contribution in [-0.4, -0.2) is 14.9 Å². The van der Waals surface area contributed by atoms with E-state index in [9.17, 15) is 15.3 Å². The van der Waals surface area contributed by atoms with Crippen LogP contribution < -0.4 is 16.0 Å². The predicted molar refractivity (Wildman–Crippen MR) is 76.2 cm³/mol.